The molecule has 4 heteroatoms. The molecule has 0 amide bonds. The lowest BCUT2D eigenvalue weighted by molar-refractivity contribution is 0.587. The molecular formula is C16H14BrFN2. The zero-order valence-corrected chi connectivity index (χ0v) is 12.6. The van der Waals surface area contributed by atoms with Gasteiger partial charge in [0.05, 0.1) is 17.7 Å². The summed E-state index contributed by atoms with van der Waals surface area (Å²) in [6.45, 7) is 2.00. The van der Waals surface area contributed by atoms with Crippen LogP contribution in [0, 0.1) is 17.1 Å². The van der Waals surface area contributed by atoms with Gasteiger partial charge in [-0.25, -0.2) is 4.39 Å². The molecule has 1 unspecified atom stereocenters. The van der Waals surface area contributed by atoms with Gasteiger partial charge in [-0.2, -0.15) is 5.26 Å². The summed E-state index contributed by atoms with van der Waals surface area (Å²) in [6.07, 6.45) is 0.757. The molecule has 0 heterocycles. The van der Waals surface area contributed by atoms with E-state index in [1.165, 1.54) is 6.07 Å². The van der Waals surface area contributed by atoms with Crippen LogP contribution >= 0.6 is 15.9 Å². The lowest BCUT2D eigenvalue weighted by Crippen LogP contribution is -2.11. The molecule has 0 saturated carbocycles. The Kier molecular flexibility index (Phi) is 4.75. The van der Waals surface area contributed by atoms with Gasteiger partial charge < -0.3 is 5.32 Å². The van der Waals surface area contributed by atoms with E-state index < -0.39 is 0 Å². The molecule has 0 bridgehead atoms. The molecule has 1 N–H and O–H groups in total. The largest absolute Gasteiger partial charge is 0.377 e. The molecule has 2 aromatic carbocycles. The molecule has 0 aliphatic rings. The van der Waals surface area contributed by atoms with Crippen molar-refractivity contribution >= 4 is 21.6 Å². The Morgan fingerprint density at radius 2 is 2.05 bits per heavy atom. The Morgan fingerprint density at radius 1 is 1.30 bits per heavy atom. The van der Waals surface area contributed by atoms with E-state index in [2.05, 4.69) is 27.3 Å². The summed E-state index contributed by atoms with van der Waals surface area (Å²) < 4.78 is 14.7. The van der Waals surface area contributed by atoms with Crippen LogP contribution in [-0.4, -0.2) is 0 Å². The fourth-order valence-corrected chi connectivity index (χ4v) is 2.54. The molecule has 2 rings (SSSR count). The Labute approximate surface area is 126 Å². The molecule has 1 atom stereocenters. The zero-order chi connectivity index (χ0) is 14.5. The first kappa shape index (κ1) is 14.5. The summed E-state index contributed by atoms with van der Waals surface area (Å²) in [4.78, 5) is 0. The number of hydrogen-bond acceptors (Lipinski definition) is 2. The predicted molar refractivity (Wildman–Crippen MR) is 81.9 cm³/mol. The van der Waals surface area contributed by atoms with E-state index in [1.54, 1.807) is 24.3 Å². The minimum Gasteiger partial charge on any atom is -0.377 e. The third-order valence-electron chi connectivity index (χ3n) is 3.12. The lowest BCUT2D eigenvalue weighted by Gasteiger charge is -2.20. The van der Waals surface area contributed by atoms with Crippen LogP contribution in [-0.2, 0) is 0 Å². The van der Waals surface area contributed by atoms with Gasteiger partial charge in [0.25, 0.3) is 0 Å². The van der Waals surface area contributed by atoms with Gasteiger partial charge in [0.2, 0.25) is 0 Å². The summed E-state index contributed by atoms with van der Waals surface area (Å²) in [5, 5.41) is 12.2. The first-order valence-electron chi connectivity index (χ1n) is 6.36. The molecule has 0 spiro atoms. The number of benzene rings is 2. The molecule has 0 saturated heterocycles. The Morgan fingerprint density at radius 3 is 2.65 bits per heavy atom. The van der Waals surface area contributed by atoms with Crippen molar-refractivity contribution in [2.75, 3.05) is 5.32 Å². The van der Waals surface area contributed by atoms with Crippen LogP contribution in [0.3, 0.4) is 0 Å². The fraction of sp³-hybridized carbons (Fsp3) is 0.188. The monoisotopic (exact) mass is 332 g/mol. The highest BCUT2D eigenvalue weighted by molar-refractivity contribution is 9.10. The van der Waals surface area contributed by atoms with Gasteiger partial charge in [0.15, 0.2) is 0 Å². The van der Waals surface area contributed by atoms with Crippen LogP contribution in [0.5, 0.6) is 0 Å². The van der Waals surface area contributed by atoms with Gasteiger partial charge in [-0.15, -0.1) is 0 Å². The highest BCUT2D eigenvalue weighted by Gasteiger charge is 2.14. The third-order valence-corrected chi connectivity index (χ3v) is 3.77. The van der Waals surface area contributed by atoms with Crippen molar-refractivity contribution < 1.29 is 4.39 Å². The second kappa shape index (κ2) is 6.53. The number of nitrogens with zero attached hydrogens (tertiary/aromatic N) is 1. The predicted octanol–water partition coefficient (Wildman–Crippen LogP) is 5.02. The first-order valence-corrected chi connectivity index (χ1v) is 7.15. The topological polar surface area (TPSA) is 35.8 Å². The highest BCUT2D eigenvalue weighted by Crippen LogP contribution is 2.30. The summed E-state index contributed by atoms with van der Waals surface area (Å²) in [5.74, 6) is -0.211. The lowest BCUT2D eigenvalue weighted by atomic mass is 10.0. The van der Waals surface area contributed by atoms with E-state index in [0.29, 0.717) is 11.1 Å². The van der Waals surface area contributed by atoms with Gasteiger partial charge in [-0.05, 0) is 46.6 Å². The molecule has 102 valence electrons. The normalized spacial score (nSPS) is 11.7. The average Bonchev–Trinajstić information content (AvgIpc) is 2.47. The number of nitriles is 1. The average molecular weight is 333 g/mol. The molecule has 0 aliphatic carbocycles. The number of rotatable bonds is 4. The highest BCUT2D eigenvalue weighted by atomic mass is 79.9. The zero-order valence-electron chi connectivity index (χ0n) is 11.0. The van der Waals surface area contributed by atoms with E-state index in [1.807, 2.05) is 19.1 Å². The minimum atomic E-state index is -0.211. The number of nitrogens with one attached hydrogen (secondary N) is 1. The Bertz CT molecular complexity index is 649. The first-order chi connectivity index (χ1) is 9.65. The van der Waals surface area contributed by atoms with Gasteiger partial charge in [0, 0.05) is 15.7 Å². The summed E-state index contributed by atoms with van der Waals surface area (Å²) >= 11 is 3.43. The van der Waals surface area contributed by atoms with Crippen LogP contribution in [0.1, 0.15) is 30.5 Å². The minimum absolute atomic E-state index is 0.111. The summed E-state index contributed by atoms with van der Waals surface area (Å²) in [5.41, 5.74) is 2.08. The summed E-state index contributed by atoms with van der Waals surface area (Å²) in [7, 11) is 0. The van der Waals surface area contributed by atoms with E-state index in [0.717, 1.165) is 16.6 Å². The summed E-state index contributed by atoms with van der Waals surface area (Å²) in [6, 6.07) is 14.0. The van der Waals surface area contributed by atoms with Crippen molar-refractivity contribution in [3.63, 3.8) is 0 Å². The second-order valence-electron chi connectivity index (χ2n) is 4.43. The molecule has 2 nitrogen and oxygen atoms in total. The van der Waals surface area contributed by atoms with Crippen LogP contribution in [0.2, 0.25) is 0 Å². The maximum Gasteiger partial charge on any atom is 0.128 e. The van der Waals surface area contributed by atoms with Gasteiger partial charge in [-0.1, -0.05) is 25.1 Å². The maximum absolute atomic E-state index is 13.9. The van der Waals surface area contributed by atoms with E-state index in [9.17, 15) is 4.39 Å². The molecule has 0 fully saturated rings. The Balaban J connectivity index is 2.28. The van der Waals surface area contributed by atoms with Crippen molar-refractivity contribution in [3.8, 4) is 6.07 Å². The molecule has 20 heavy (non-hydrogen) atoms. The maximum atomic E-state index is 13.9. The van der Waals surface area contributed by atoms with E-state index in [4.69, 9.17) is 5.26 Å². The van der Waals surface area contributed by atoms with Crippen LogP contribution in [0.4, 0.5) is 10.1 Å². The standard InChI is InChI=1S/C16H14BrFN2/c1-2-15(12-5-3-4-6-14(12)18)20-16-8-7-11(10-19)9-13(16)17/h3-9,15,20H,2H2,1H3. The van der Waals surface area contributed by atoms with Crippen LogP contribution in [0.15, 0.2) is 46.9 Å². The van der Waals surface area contributed by atoms with E-state index >= 15 is 0 Å². The van der Waals surface area contributed by atoms with Crippen molar-refractivity contribution in [1.82, 2.24) is 0 Å². The third kappa shape index (κ3) is 3.17. The van der Waals surface area contributed by atoms with Crippen molar-refractivity contribution in [1.29, 1.82) is 5.26 Å². The van der Waals surface area contributed by atoms with Gasteiger partial charge in [0.1, 0.15) is 5.82 Å². The number of anilines is 1. The number of hydrogen-bond donors (Lipinski definition) is 1. The Hall–Kier alpha value is -1.86. The molecular weight excluding hydrogens is 319 g/mol. The van der Waals surface area contributed by atoms with E-state index in [-0.39, 0.29) is 11.9 Å². The SMILES string of the molecule is CCC(Nc1ccc(C#N)cc1Br)c1ccccc1F. The van der Waals surface area contributed by atoms with Crippen molar-refractivity contribution in [2.45, 2.75) is 19.4 Å². The molecule has 0 radical (unpaired) electrons. The van der Waals surface area contributed by atoms with Crippen LogP contribution < -0.4 is 5.32 Å². The second-order valence-corrected chi connectivity index (χ2v) is 5.29. The van der Waals surface area contributed by atoms with Crippen molar-refractivity contribution in [2.24, 2.45) is 0 Å². The molecule has 0 aliphatic heterocycles. The number of halogens is 2. The fourth-order valence-electron chi connectivity index (χ4n) is 2.05. The quantitative estimate of drug-likeness (QED) is 0.852. The van der Waals surface area contributed by atoms with Gasteiger partial charge in [-0.3, -0.25) is 0 Å². The molecule has 2 aromatic rings. The van der Waals surface area contributed by atoms with Gasteiger partial charge >= 0.3 is 0 Å². The smallest absolute Gasteiger partial charge is 0.128 e. The van der Waals surface area contributed by atoms with Crippen molar-refractivity contribution in [3.05, 3.63) is 63.9 Å². The van der Waals surface area contributed by atoms with Crippen LogP contribution in [0.25, 0.3) is 0 Å². The molecule has 0 aromatic heterocycles.